The Hall–Kier alpha value is -1.55. The van der Waals surface area contributed by atoms with E-state index in [2.05, 4.69) is 24.5 Å². The van der Waals surface area contributed by atoms with Crippen molar-refractivity contribution >= 4 is 11.7 Å². The number of hydrogen-bond donors (Lipinski definition) is 3. The molecule has 100 valence electrons. The van der Waals surface area contributed by atoms with Crippen LogP contribution in [0, 0.1) is 0 Å². The van der Waals surface area contributed by atoms with Gasteiger partial charge in [0.05, 0.1) is 12.6 Å². The Balaban J connectivity index is 2.54. The molecule has 0 unspecified atom stereocenters. The lowest BCUT2D eigenvalue weighted by atomic mass is 10.0. The standard InChI is InChI=1S/C14H22N2O2/c1-4-12(9-17)15-14(18)16-13-7-5-11(6-8-13)10(2)3/h5-8,10,12,17H,4,9H2,1-3H3,(H2,15,16,18)/t12-/m1/s1. The van der Waals surface area contributed by atoms with Gasteiger partial charge in [0.1, 0.15) is 0 Å². The Morgan fingerprint density at radius 1 is 1.28 bits per heavy atom. The zero-order chi connectivity index (χ0) is 13.5. The topological polar surface area (TPSA) is 61.4 Å². The maximum Gasteiger partial charge on any atom is 0.319 e. The number of carbonyl (C=O) groups excluding carboxylic acids is 1. The molecular weight excluding hydrogens is 228 g/mol. The molecule has 18 heavy (non-hydrogen) atoms. The summed E-state index contributed by atoms with van der Waals surface area (Å²) in [5.74, 6) is 0.478. The minimum Gasteiger partial charge on any atom is -0.394 e. The number of aliphatic hydroxyl groups is 1. The zero-order valence-electron chi connectivity index (χ0n) is 11.2. The number of benzene rings is 1. The summed E-state index contributed by atoms with van der Waals surface area (Å²) in [4.78, 5) is 11.6. The van der Waals surface area contributed by atoms with Crippen molar-refractivity contribution in [1.82, 2.24) is 5.32 Å². The largest absolute Gasteiger partial charge is 0.394 e. The molecule has 0 bridgehead atoms. The van der Waals surface area contributed by atoms with Gasteiger partial charge in [0.2, 0.25) is 0 Å². The van der Waals surface area contributed by atoms with Crippen LogP contribution in [0.3, 0.4) is 0 Å². The molecule has 0 aliphatic rings. The molecule has 0 radical (unpaired) electrons. The molecule has 0 aliphatic heterocycles. The fourth-order valence-electron chi connectivity index (χ4n) is 1.58. The van der Waals surface area contributed by atoms with E-state index in [1.165, 1.54) is 5.56 Å². The van der Waals surface area contributed by atoms with Crippen LogP contribution in [0.5, 0.6) is 0 Å². The van der Waals surface area contributed by atoms with Gasteiger partial charge in [-0.1, -0.05) is 32.9 Å². The summed E-state index contributed by atoms with van der Waals surface area (Å²) in [5, 5.41) is 14.4. The number of rotatable bonds is 5. The zero-order valence-corrected chi connectivity index (χ0v) is 11.2. The molecule has 0 saturated heterocycles. The van der Waals surface area contributed by atoms with E-state index in [4.69, 9.17) is 5.11 Å². The van der Waals surface area contributed by atoms with Crippen molar-refractivity contribution in [3.63, 3.8) is 0 Å². The molecule has 0 fully saturated rings. The first-order valence-electron chi connectivity index (χ1n) is 6.35. The number of amides is 2. The monoisotopic (exact) mass is 250 g/mol. The number of nitrogens with one attached hydrogen (secondary N) is 2. The van der Waals surface area contributed by atoms with Crippen molar-refractivity contribution in [3.05, 3.63) is 29.8 Å². The smallest absolute Gasteiger partial charge is 0.319 e. The molecule has 0 spiro atoms. The first kappa shape index (κ1) is 14.5. The molecule has 1 aromatic carbocycles. The van der Waals surface area contributed by atoms with Crippen molar-refractivity contribution in [2.24, 2.45) is 0 Å². The molecule has 4 nitrogen and oxygen atoms in total. The second-order valence-electron chi connectivity index (χ2n) is 4.66. The normalized spacial score (nSPS) is 12.3. The maximum atomic E-state index is 11.6. The van der Waals surface area contributed by atoms with Gasteiger partial charge in [-0.2, -0.15) is 0 Å². The molecule has 2 amide bonds. The average Bonchev–Trinajstić information content (AvgIpc) is 2.36. The van der Waals surface area contributed by atoms with E-state index in [0.29, 0.717) is 12.3 Å². The lowest BCUT2D eigenvalue weighted by Gasteiger charge is -2.15. The Kier molecular flexibility index (Phi) is 5.65. The highest BCUT2D eigenvalue weighted by Crippen LogP contribution is 2.16. The van der Waals surface area contributed by atoms with E-state index in [-0.39, 0.29) is 18.7 Å². The third-order valence-electron chi connectivity index (χ3n) is 2.88. The highest BCUT2D eigenvalue weighted by molar-refractivity contribution is 5.89. The Morgan fingerprint density at radius 2 is 1.89 bits per heavy atom. The van der Waals surface area contributed by atoms with Gasteiger partial charge in [-0.15, -0.1) is 0 Å². The van der Waals surface area contributed by atoms with Gasteiger partial charge < -0.3 is 15.7 Å². The number of aliphatic hydroxyl groups excluding tert-OH is 1. The number of hydrogen-bond acceptors (Lipinski definition) is 2. The molecule has 3 N–H and O–H groups in total. The lowest BCUT2D eigenvalue weighted by Crippen LogP contribution is -2.39. The van der Waals surface area contributed by atoms with E-state index in [0.717, 1.165) is 5.69 Å². The van der Waals surface area contributed by atoms with Gasteiger partial charge in [-0.05, 0) is 30.0 Å². The van der Waals surface area contributed by atoms with Crippen molar-refractivity contribution in [2.75, 3.05) is 11.9 Å². The SMILES string of the molecule is CC[C@H](CO)NC(=O)Nc1ccc(C(C)C)cc1. The molecular formula is C14H22N2O2. The average molecular weight is 250 g/mol. The van der Waals surface area contributed by atoms with Crippen LogP contribution in [-0.2, 0) is 0 Å². The van der Waals surface area contributed by atoms with Crippen LogP contribution < -0.4 is 10.6 Å². The number of carbonyl (C=O) groups is 1. The summed E-state index contributed by atoms with van der Waals surface area (Å²) in [6.07, 6.45) is 0.705. The fraction of sp³-hybridized carbons (Fsp3) is 0.500. The molecule has 0 aromatic heterocycles. The van der Waals surface area contributed by atoms with Crippen LogP contribution in [-0.4, -0.2) is 23.8 Å². The van der Waals surface area contributed by atoms with Crippen LogP contribution in [0.2, 0.25) is 0 Å². The lowest BCUT2D eigenvalue weighted by molar-refractivity contribution is 0.222. The van der Waals surface area contributed by atoms with Gasteiger partial charge in [-0.3, -0.25) is 0 Å². The second kappa shape index (κ2) is 7.01. The summed E-state index contributed by atoms with van der Waals surface area (Å²) in [6, 6.07) is 7.30. The summed E-state index contributed by atoms with van der Waals surface area (Å²) >= 11 is 0. The van der Waals surface area contributed by atoms with E-state index in [1.807, 2.05) is 31.2 Å². The van der Waals surface area contributed by atoms with Crippen LogP contribution >= 0.6 is 0 Å². The third-order valence-corrected chi connectivity index (χ3v) is 2.88. The van der Waals surface area contributed by atoms with Crippen molar-refractivity contribution < 1.29 is 9.90 Å². The van der Waals surface area contributed by atoms with Crippen LogP contribution in [0.1, 0.15) is 38.7 Å². The van der Waals surface area contributed by atoms with Crippen molar-refractivity contribution in [2.45, 2.75) is 39.2 Å². The first-order chi connectivity index (χ1) is 8.56. The van der Waals surface area contributed by atoms with Crippen molar-refractivity contribution in [1.29, 1.82) is 0 Å². The third kappa shape index (κ3) is 4.37. The predicted octanol–water partition coefficient (Wildman–Crippen LogP) is 2.70. The van der Waals surface area contributed by atoms with E-state index >= 15 is 0 Å². The second-order valence-corrected chi connectivity index (χ2v) is 4.66. The predicted molar refractivity (Wildman–Crippen MR) is 73.9 cm³/mol. The minimum absolute atomic E-state index is 0.0454. The molecule has 0 saturated carbocycles. The Labute approximate surface area is 108 Å². The molecule has 0 aliphatic carbocycles. The fourth-order valence-corrected chi connectivity index (χ4v) is 1.58. The molecule has 1 rings (SSSR count). The van der Waals surface area contributed by atoms with Gasteiger partial charge >= 0.3 is 6.03 Å². The number of anilines is 1. The summed E-state index contributed by atoms with van der Waals surface area (Å²) in [5.41, 5.74) is 1.99. The van der Waals surface area contributed by atoms with Gasteiger partial charge in [0, 0.05) is 5.69 Å². The Bertz CT molecular complexity index is 370. The van der Waals surface area contributed by atoms with Crippen molar-refractivity contribution in [3.8, 4) is 0 Å². The van der Waals surface area contributed by atoms with E-state index < -0.39 is 0 Å². The Morgan fingerprint density at radius 3 is 2.33 bits per heavy atom. The minimum atomic E-state index is -0.284. The van der Waals surface area contributed by atoms with Crippen LogP contribution in [0.15, 0.2) is 24.3 Å². The molecule has 0 heterocycles. The van der Waals surface area contributed by atoms with Gasteiger partial charge in [0.25, 0.3) is 0 Å². The molecule has 4 heteroatoms. The highest BCUT2D eigenvalue weighted by atomic mass is 16.3. The van der Waals surface area contributed by atoms with Crippen LogP contribution in [0.4, 0.5) is 10.5 Å². The summed E-state index contributed by atoms with van der Waals surface area (Å²) in [7, 11) is 0. The summed E-state index contributed by atoms with van der Waals surface area (Å²) in [6.45, 7) is 6.12. The van der Waals surface area contributed by atoms with E-state index in [9.17, 15) is 4.79 Å². The molecule has 1 atom stereocenters. The van der Waals surface area contributed by atoms with Crippen LogP contribution in [0.25, 0.3) is 0 Å². The van der Waals surface area contributed by atoms with E-state index in [1.54, 1.807) is 0 Å². The maximum absolute atomic E-state index is 11.6. The van der Waals surface area contributed by atoms with Gasteiger partial charge in [-0.25, -0.2) is 4.79 Å². The number of urea groups is 1. The van der Waals surface area contributed by atoms with Gasteiger partial charge in [0.15, 0.2) is 0 Å². The molecule has 1 aromatic rings. The quantitative estimate of drug-likeness (QED) is 0.752. The summed E-state index contributed by atoms with van der Waals surface area (Å²) < 4.78 is 0. The first-order valence-corrected chi connectivity index (χ1v) is 6.35. The highest BCUT2D eigenvalue weighted by Gasteiger charge is 2.09.